The zero-order valence-electron chi connectivity index (χ0n) is 16.5. The van der Waals surface area contributed by atoms with E-state index in [-0.39, 0.29) is 5.84 Å². The summed E-state index contributed by atoms with van der Waals surface area (Å²) in [5, 5.41) is 11.6. The molecule has 4 nitrogen and oxygen atoms in total. The second-order valence-electron chi connectivity index (χ2n) is 7.05. The van der Waals surface area contributed by atoms with Crippen molar-refractivity contribution in [3.63, 3.8) is 0 Å². The maximum Gasteiger partial charge on any atom is 0.145 e. The van der Waals surface area contributed by atoms with Gasteiger partial charge in [-0.2, -0.15) is 0 Å². The first-order valence-corrected chi connectivity index (χ1v) is 9.74. The molecule has 0 aromatic heterocycles. The second kappa shape index (κ2) is 8.61. The van der Waals surface area contributed by atoms with Gasteiger partial charge < -0.3 is 10.1 Å². The zero-order valence-corrected chi connectivity index (χ0v) is 18.1. The molecule has 0 aliphatic heterocycles. The number of halogens is 1. The van der Waals surface area contributed by atoms with E-state index in [4.69, 9.17) is 5.41 Å². The summed E-state index contributed by atoms with van der Waals surface area (Å²) >= 11 is 3.59. The quantitative estimate of drug-likeness (QED) is 0.347. The molecular formula is C22H26BrN3O. The van der Waals surface area contributed by atoms with Crippen LogP contribution >= 0.6 is 15.9 Å². The Bertz CT molecular complexity index is 900. The average molecular weight is 428 g/mol. The van der Waals surface area contributed by atoms with Crippen molar-refractivity contribution in [1.29, 1.82) is 5.41 Å². The minimum atomic E-state index is -0.813. The number of rotatable bonds is 6. The summed E-state index contributed by atoms with van der Waals surface area (Å²) in [7, 11) is 0. The monoisotopic (exact) mass is 427 g/mol. The number of benzene rings is 2. The Balaban J connectivity index is 2.44. The minimum Gasteiger partial charge on any atom is -0.339 e. The summed E-state index contributed by atoms with van der Waals surface area (Å²) in [6, 6.07) is 12.1. The Morgan fingerprint density at radius 3 is 2.33 bits per heavy atom. The molecule has 0 spiro atoms. The lowest BCUT2D eigenvalue weighted by Crippen LogP contribution is -2.36. The van der Waals surface area contributed by atoms with Crippen molar-refractivity contribution in [1.82, 2.24) is 0 Å². The van der Waals surface area contributed by atoms with E-state index in [0.29, 0.717) is 12.3 Å². The Hall–Kier alpha value is -2.27. The lowest BCUT2D eigenvalue weighted by atomic mass is 9.88. The van der Waals surface area contributed by atoms with Gasteiger partial charge in [0, 0.05) is 16.7 Å². The molecule has 0 saturated carbocycles. The molecule has 5 heteroatoms. The van der Waals surface area contributed by atoms with Crippen LogP contribution in [0.3, 0.4) is 0 Å². The normalized spacial score (nSPS) is 12.0. The fraction of sp³-hybridized carbons (Fsp3) is 0.318. The highest BCUT2D eigenvalue weighted by Gasteiger charge is 2.28. The van der Waals surface area contributed by atoms with Gasteiger partial charge in [0.15, 0.2) is 0 Å². The summed E-state index contributed by atoms with van der Waals surface area (Å²) in [5.41, 5.74) is 4.95. The van der Waals surface area contributed by atoms with Crippen molar-refractivity contribution in [3.05, 3.63) is 52.0 Å². The van der Waals surface area contributed by atoms with Crippen LogP contribution in [0.25, 0.3) is 11.1 Å². The molecule has 0 radical (unpaired) electrons. The van der Waals surface area contributed by atoms with Crippen LogP contribution in [0.1, 0.15) is 31.9 Å². The number of nitrogens with one attached hydrogen (secondary N) is 2. The van der Waals surface area contributed by atoms with Gasteiger partial charge in [0.1, 0.15) is 12.1 Å². The Morgan fingerprint density at radius 1 is 1.15 bits per heavy atom. The van der Waals surface area contributed by atoms with Gasteiger partial charge >= 0.3 is 0 Å². The maximum atomic E-state index is 11.5. The molecule has 0 atom stereocenters. The highest BCUT2D eigenvalue weighted by molar-refractivity contribution is 9.10. The molecule has 0 bridgehead atoms. The van der Waals surface area contributed by atoms with Crippen LogP contribution in [0, 0.1) is 24.7 Å². The third kappa shape index (κ3) is 4.53. The van der Waals surface area contributed by atoms with Gasteiger partial charge in [0.05, 0.1) is 11.1 Å². The van der Waals surface area contributed by atoms with Crippen LogP contribution in [0.15, 0.2) is 45.9 Å². The fourth-order valence-corrected chi connectivity index (χ4v) is 3.34. The van der Waals surface area contributed by atoms with Gasteiger partial charge in [-0.15, -0.1) is 0 Å². The van der Waals surface area contributed by atoms with Crippen LogP contribution in [-0.4, -0.2) is 24.4 Å². The number of carbonyl (C=O) groups is 1. The first kappa shape index (κ1) is 21.0. The number of carbonyl (C=O) groups excluding carboxylic acids is 1. The highest BCUT2D eigenvalue weighted by atomic mass is 79.9. The summed E-state index contributed by atoms with van der Waals surface area (Å²) in [6.07, 6.45) is 0.839. The van der Waals surface area contributed by atoms with E-state index >= 15 is 0 Å². The summed E-state index contributed by atoms with van der Waals surface area (Å²) in [6.45, 7) is 10.1. The van der Waals surface area contributed by atoms with E-state index in [0.717, 1.165) is 33.1 Å². The van der Waals surface area contributed by atoms with Gasteiger partial charge in [-0.1, -0.05) is 40.2 Å². The molecule has 142 valence electrons. The van der Waals surface area contributed by atoms with Gasteiger partial charge in [0.25, 0.3) is 0 Å². The molecule has 2 N–H and O–H groups in total. The van der Waals surface area contributed by atoms with Crippen LogP contribution in [0.2, 0.25) is 0 Å². The van der Waals surface area contributed by atoms with Crippen molar-refractivity contribution >= 4 is 39.5 Å². The maximum absolute atomic E-state index is 11.5. The SMILES string of the molecule is CC/N=C(/C(=N)Nc1cccc(-c2cccc(Br)c2C)c1C)C(C)(C)C=O. The molecule has 0 unspecified atom stereocenters. The molecule has 0 aliphatic rings. The van der Waals surface area contributed by atoms with Gasteiger partial charge in [-0.25, -0.2) is 0 Å². The number of aldehydes is 1. The number of hydrogen-bond donors (Lipinski definition) is 2. The second-order valence-corrected chi connectivity index (χ2v) is 7.91. The molecule has 2 rings (SSSR count). The number of aliphatic imine (C=N–C) groups is 1. The van der Waals surface area contributed by atoms with Crippen molar-refractivity contribution in [3.8, 4) is 11.1 Å². The molecule has 0 amide bonds. The lowest BCUT2D eigenvalue weighted by molar-refractivity contribution is -0.112. The topological polar surface area (TPSA) is 65.3 Å². The van der Waals surface area contributed by atoms with Gasteiger partial charge in [-0.3, -0.25) is 10.4 Å². The fourth-order valence-electron chi connectivity index (χ4n) is 2.97. The van der Waals surface area contributed by atoms with Crippen molar-refractivity contribution < 1.29 is 4.79 Å². The molecular weight excluding hydrogens is 402 g/mol. The standard InChI is InChI=1S/C22H26BrN3O/c1-6-25-20(22(4,5)13-27)21(24)26-19-12-8-10-17(15(19)3)16-9-7-11-18(23)14(16)2/h7-13H,6H2,1-5H3,(H2,24,26)/b25-20-. The van der Waals surface area contributed by atoms with Gasteiger partial charge in [-0.05, 0) is 69.0 Å². The van der Waals surface area contributed by atoms with Crippen molar-refractivity contribution in [2.75, 3.05) is 11.9 Å². The highest BCUT2D eigenvalue weighted by Crippen LogP contribution is 2.33. The number of nitrogens with zero attached hydrogens (tertiary/aromatic N) is 1. The van der Waals surface area contributed by atoms with Crippen LogP contribution < -0.4 is 5.32 Å². The molecule has 0 heterocycles. The summed E-state index contributed by atoms with van der Waals surface area (Å²) in [5.74, 6) is 0.153. The van der Waals surface area contributed by atoms with E-state index in [1.165, 1.54) is 5.56 Å². The molecule has 0 saturated heterocycles. The number of amidine groups is 1. The van der Waals surface area contributed by atoms with E-state index in [1.807, 2.05) is 38.1 Å². The molecule has 27 heavy (non-hydrogen) atoms. The Labute approximate surface area is 169 Å². The van der Waals surface area contributed by atoms with E-state index in [2.05, 4.69) is 45.3 Å². The van der Waals surface area contributed by atoms with Gasteiger partial charge in [0.2, 0.25) is 0 Å². The molecule has 2 aromatic carbocycles. The van der Waals surface area contributed by atoms with Crippen molar-refractivity contribution in [2.45, 2.75) is 34.6 Å². The minimum absolute atomic E-state index is 0.153. The van der Waals surface area contributed by atoms with Crippen molar-refractivity contribution in [2.24, 2.45) is 10.4 Å². The van der Waals surface area contributed by atoms with E-state index < -0.39 is 5.41 Å². The number of anilines is 1. The average Bonchev–Trinajstić information content (AvgIpc) is 2.63. The third-order valence-corrected chi connectivity index (χ3v) is 5.47. The third-order valence-electron chi connectivity index (χ3n) is 4.61. The largest absolute Gasteiger partial charge is 0.339 e. The Morgan fingerprint density at radius 2 is 1.74 bits per heavy atom. The predicted molar refractivity (Wildman–Crippen MR) is 118 cm³/mol. The molecule has 0 fully saturated rings. The van der Waals surface area contributed by atoms with E-state index in [1.54, 1.807) is 13.8 Å². The van der Waals surface area contributed by atoms with Crippen LogP contribution in [0.5, 0.6) is 0 Å². The lowest BCUT2D eigenvalue weighted by Gasteiger charge is -2.23. The summed E-state index contributed by atoms with van der Waals surface area (Å²) < 4.78 is 1.07. The molecule has 2 aromatic rings. The van der Waals surface area contributed by atoms with E-state index in [9.17, 15) is 4.79 Å². The summed E-state index contributed by atoms with van der Waals surface area (Å²) in [4.78, 5) is 15.9. The van der Waals surface area contributed by atoms with Crippen LogP contribution in [-0.2, 0) is 4.79 Å². The zero-order chi connectivity index (χ0) is 20.2. The number of hydrogen-bond acceptors (Lipinski definition) is 3. The first-order chi connectivity index (χ1) is 12.7. The first-order valence-electron chi connectivity index (χ1n) is 8.95. The smallest absolute Gasteiger partial charge is 0.145 e. The van der Waals surface area contributed by atoms with Crippen LogP contribution in [0.4, 0.5) is 5.69 Å². The Kier molecular flexibility index (Phi) is 6.71. The molecule has 0 aliphatic carbocycles. The predicted octanol–water partition coefficient (Wildman–Crippen LogP) is 5.81.